The molecule has 2 fully saturated rings. The number of anilines is 1. The fourth-order valence-electron chi connectivity index (χ4n) is 2.26. The molecule has 0 aromatic carbocycles. The lowest BCUT2D eigenvalue weighted by molar-refractivity contribution is -0.00000298. The summed E-state index contributed by atoms with van der Waals surface area (Å²) < 4.78 is 2.43. The molecule has 0 aliphatic carbocycles. The van der Waals surface area contributed by atoms with Crippen molar-refractivity contribution in [2.24, 2.45) is 0 Å². The van der Waals surface area contributed by atoms with Crippen LogP contribution in [0, 0.1) is 0 Å². The maximum absolute atomic E-state index is 4.76. The van der Waals surface area contributed by atoms with Crippen LogP contribution < -0.4 is 38.3 Å². The van der Waals surface area contributed by atoms with Gasteiger partial charge in [0, 0.05) is 28.4 Å². The Morgan fingerprint density at radius 2 is 1.69 bits per heavy atom. The maximum Gasteiger partial charge on any atom is 0.390 e. The van der Waals surface area contributed by atoms with Gasteiger partial charge < -0.3 is 28.9 Å². The summed E-state index contributed by atoms with van der Waals surface area (Å²) in [6, 6.07) is 0. The van der Waals surface area contributed by atoms with Crippen LogP contribution in [-0.4, -0.2) is 31.2 Å². The summed E-state index contributed by atoms with van der Waals surface area (Å²) in [5.41, 5.74) is 0. The van der Waals surface area contributed by atoms with Crippen LogP contribution in [-0.2, 0) is 0 Å². The van der Waals surface area contributed by atoms with Crippen LogP contribution in [0.15, 0.2) is 0 Å². The van der Waals surface area contributed by atoms with Gasteiger partial charge in [-0.05, 0) is 36.0 Å². The first-order chi connectivity index (χ1) is 7.43. The number of nitrogens with zero attached hydrogens (tertiary/aromatic N) is 3. The van der Waals surface area contributed by atoms with E-state index in [0.29, 0.717) is 0 Å². The molecule has 0 saturated carbocycles. The predicted octanol–water partition coefficient (Wildman–Crippen LogP) is -1.63. The second-order valence-corrected chi connectivity index (χ2v) is 6.30. The summed E-state index contributed by atoms with van der Waals surface area (Å²) in [5, 5.41) is 1.25. The Labute approximate surface area is 120 Å². The molecule has 0 radical (unpaired) electrons. The molecule has 1 aromatic heterocycles. The monoisotopic (exact) mass is 369 g/mol. The van der Waals surface area contributed by atoms with E-state index in [9.17, 15) is 0 Å². The van der Waals surface area contributed by atoms with E-state index in [-0.39, 0.29) is 24.0 Å². The van der Waals surface area contributed by atoms with Gasteiger partial charge in [-0.3, -0.25) is 0 Å². The maximum atomic E-state index is 4.76. The van der Waals surface area contributed by atoms with Crippen LogP contribution in [0.5, 0.6) is 0 Å². The van der Waals surface area contributed by atoms with Crippen LogP contribution in [0.3, 0.4) is 0 Å². The summed E-state index contributed by atoms with van der Waals surface area (Å²) >= 11 is 0. The molecule has 3 rings (SSSR count). The number of rotatable bonds is 1. The molecule has 0 atom stereocenters. The van der Waals surface area contributed by atoms with Crippen molar-refractivity contribution in [2.45, 2.75) is 25.7 Å². The summed E-state index contributed by atoms with van der Waals surface area (Å²) in [7, 11) is 3.70. The molecule has 2 aliphatic heterocycles. The molecule has 1 aromatic rings. The van der Waals surface area contributed by atoms with E-state index in [1.54, 1.807) is 0 Å². The van der Waals surface area contributed by atoms with Crippen LogP contribution in [0.25, 0.3) is 0 Å². The van der Waals surface area contributed by atoms with Crippen molar-refractivity contribution in [1.29, 1.82) is 0 Å². The summed E-state index contributed by atoms with van der Waals surface area (Å²) in [6.45, 7) is 4.83. The number of aromatic nitrogens is 1. The van der Waals surface area contributed by atoms with Crippen molar-refractivity contribution >= 4 is 25.8 Å². The lowest BCUT2D eigenvalue weighted by Crippen LogP contribution is -3.00. The second-order valence-electron chi connectivity index (χ2n) is 4.23. The molecule has 0 bridgehead atoms. The van der Waals surface area contributed by atoms with Crippen molar-refractivity contribution in [2.75, 3.05) is 31.1 Å². The lowest BCUT2D eigenvalue weighted by Gasteiger charge is -2.07. The van der Waals surface area contributed by atoms with Crippen molar-refractivity contribution in [3.8, 4) is 0 Å². The zero-order chi connectivity index (χ0) is 10.1. The van der Waals surface area contributed by atoms with E-state index in [0.717, 1.165) is 0 Å². The van der Waals surface area contributed by atoms with Crippen LogP contribution >= 0.6 is 20.7 Å². The Morgan fingerprint density at radius 3 is 2.38 bits per heavy atom. The van der Waals surface area contributed by atoms with E-state index in [2.05, 4.69) is 9.48 Å². The van der Waals surface area contributed by atoms with E-state index in [4.69, 9.17) is 4.98 Å². The minimum atomic E-state index is 0. The summed E-state index contributed by atoms with van der Waals surface area (Å²) in [6.07, 6.45) is 5.35. The van der Waals surface area contributed by atoms with E-state index in [1.165, 1.54) is 61.8 Å². The van der Waals surface area contributed by atoms with Gasteiger partial charge in [-0.1, -0.05) is 0 Å². The largest absolute Gasteiger partial charge is 1.00 e. The Balaban J connectivity index is 0.000000963. The minimum absolute atomic E-state index is 0. The quantitative estimate of drug-likeness (QED) is 0.337. The Kier molecular flexibility index (Phi) is 4.60. The first kappa shape index (κ1) is 12.8. The van der Waals surface area contributed by atoms with Gasteiger partial charge in [0.15, 0.2) is 0 Å². The zero-order valence-corrected chi connectivity index (χ0v) is 13.0. The third kappa shape index (κ3) is 2.59. The first-order valence-electron chi connectivity index (χ1n) is 5.73. The summed E-state index contributed by atoms with van der Waals surface area (Å²) in [4.78, 5) is 8.44. The van der Waals surface area contributed by atoms with E-state index in [1.807, 2.05) is 20.7 Å². The Bertz CT molecular complexity index is 398. The average Bonchev–Trinajstić information content (AvgIpc) is 3.02. The fourth-order valence-corrected chi connectivity index (χ4v) is 4.59. The third-order valence-electron chi connectivity index (χ3n) is 3.14. The van der Waals surface area contributed by atoms with Gasteiger partial charge in [0.25, 0.3) is 0 Å². The molecule has 90 valence electrons. The molecule has 6 heteroatoms. The number of hydrogen-bond acceptors (Lipinski definition) is 4. The van der Waals surface area contributed by atoms with Crippen molar-refractivity contribution < 1.29 is 24.0 Å². The third-order valence-corrected chi connectivity index (χ3v) is 5.36. The molecule has 0 N–H and O–H groups in total. The molecule has 3 nitrogen and oxygen atoms in total. The van der Waals surface area contributed by atoms with Crippen LogP contribution in [0.2, 0.25) is 0 Å². The van der Waals surface area contributed by atoms with Gasteiger partial charge in [-0.25, -0.2) is 4.58 Å². The van der Waals surface area contributed by atoms with Crippen LogP contribution in [0.1, 0.15) is 25.7 Å². The van der Waals surface area contributed by atoms with Gasteiger partial charge in [0.2, 0.25) is 0 Å². The smallest absolute Gasteiger partial charge is 0.390 e. The number of halogens is 1. The highest BCUT2D eigenvalue weighted by Gasteiger charge is 2.21. The molecule has 2 saturated heterocycles. The topological polar surface area (TPSA) is 19.1 Å². The molecule has 0 amide bonds. The van der Waals surface area contributed by atoms with Crippen molar-refractivity contribution in [3.05, 3.63) is 4.80 Å². The Hall–Kier alpha value is 0.310. The van der Waals surface area contributed by atoms with Crippen LogP contribution in [0.4, 0.5) is 5.13 Å². The SMILES string of the molecule is C1CCN(c2nc(=[N+]3CCCC3)ss2)C1.[I-]. The molecule has 0 spiro atoms. The fraction of sp³-hybridized carbons (Fsp3) is 0.800. The van der Waals surface area contributed by atoms with Crippen molar-refractivity contribution in [3.63, 3.8) is 0 Å². The molecule has 0 unspecified atom stereocenters. The molecule has 2 aliphatic rings. The van der Waals surface area contributed by atoms with Gasteiger partial charge in [-0.2, -0.15) is 0 Å². The van der Waals surface area contributed by atoms with E-state index >= 15 is 0 Å². The standard InChI is InChI=1S/C10H16N3S2.HI/c1-2-6-12(5-1)9-11-10(15-14-9)13-7-3-4-8-13;/h1-8H2;1H/q+1;/p-1. The van der Waals surface area contributed by atoms with Crippen molar-refractivity contribution in [1.82, 2.24) is 9.56 Å². The molecule has 3 heterocycles. The molecular weight excluding hydrogens is 353 g/mol. The first-order valence-corrected chi connectivity index (χ1v) is 7.88. The average molecular weight is 369 g/mol. The van der Waals surface area contributed by atoms with E-state index < -0.39 is 0 Å². The summed E-state index contributed by atoms with van der Waals surface area (Å²) in [5.74, 6) is 0. The highest BCUT2D eigenvalue weighted by atomic mass is 127. The predicted molar refractivity (Wildman–Crippen MR) is 65.7 cm³/mol. The van der Waals surface area contributed by atoms with Gasteiger partial charge in [0.1, 0.15) is 0 Å². The van der Waals surface area contributed by atoms with Gasteiger partial charge in [-0.15, -0.1) is 0 Å². The normalized spacial score (nSPS) is 20.2. The highest BCUT2D eigenvalue weighted by molar-refractivity contribution is 7.69. The van der Waals surface area contributed by atoms with Gasteiger partial charge in [0.05, 0.1) is 13.1 Å². The molecular formula is C10H16IN3S2. The molecule has 16 heavy (non-hydrogen) atoms. The second kappa shape index (κ2) is 5.77. The Morgan fingerprint density at radius 1 is 1.00 bits per heavy atom. The number of hydrogen-bond donors (Lipinski definition) is 0. The highest BCUT2D eigenvalue weighted by Crippen LogP contribution is 2.22. The zero-order valence-electron chi connectivity index (χ0n) is 9.19. The lowest BCUT2D eigenvalue weighted by atomic mass is 10.4. The van der Waals surface area contributed by atoms with Gasteiger partial charge >= 0.3 is 9.93 Å². The minimum Gasteiger partial charge on any atom is -1.00 e.